The molecule has 1 fully saturated rings. The Kier molecular flexibility index (Phi) is 8.25. The summed E-state index contributed by atoms with van der Waals surface area (Å²) in [6.45, 7) is 11.9. The molecule has 0 spiro atoms. The summed E-state index contributed by atoms with van der Waals surface area (Å²) in [6.07, 6.45) is 4.71. The Bertz CT molecular complexity index is 755. The molecule has 1 aliphatic rings. The van der Waals surface area contributed by atoms with E-state index in [0.717, 1.165) is 64.1 Å². The van der Waals surface area contributed by atoms with Crippen molar-refractivity contribution in [2.75, 3.05) is 50.7 Å². The van der Waals surface area contributed by atoms with E-state index in [9.17, 15) is 0 Å². The third kappa shape index (κ3) is 7.02. The van der Waals surface area contributed by atoms with E-state index in [1.165, 1.54) is 11.1 Å². The first-order valence-corrected chi connectivity index (χ1v) is 10.6. The zero-order valence-electron chi connectivity index (χ0n) is 17.6. The Labute approximate surface area is 174 Å². The first kappa shape index (κ1) is 21.0. The number of aliphatic imine (C=N–C) groups is 1. The highest BCUT2D eigenvalue weighted by molar-refractivity contribution is 5.79. The molecule has 29 heavy (non-hydrogen) atoms. The number of aromatic nitrogens is 2. The summed E-state index contributed by atoms with van der Waals surface area (Å²) in [4.78, 5) is 18.2. The predicted molar refractivity (Wildman–Crippen MR) is 119 cm³/mol. The van der Waals surface area contributed by atoms with Crippen molar-refractivity contribution >= 4 is 11.9 Å². The Morgan fingerprint density at radius 3 is 2.59 bits per heavy atom. The van der Waals surface area contributed by atoms with Gasteiger partial charge < -0.3 is 15.5 Å². The molecule has 0 unspecified atom stereocenters. The van der Waals surface area contributed by atoms with Gasteiger partial charge in [-0.15, -0.1) is 0 Å². The van der Waals surface area contributed by atoms with Crippen LogP contribution in [0.1, 0.15) is 24.5 Å². The van der Waals surface area contributed by atoms with Crippen LogP contribution in [0.15, 0.2) is 47.7 Å². The van der Waals surface area contributed by atoms with Gasteiger partial charge >= 0.3 is 0 Å². The second-order valence-corrected chi connectivity index (χ2v) is 7.34. The molecule has 0 aliphatic carbocycles. The number of rotatable bonds is 8. The predicted octanol–water partition coefficient (Wildman–Crippen LogP) is 2.05. The molecule has 7 nitrogen and oxygen atoms in total. The summed E-state index contributed by atoms with van der Waals surface area (Å²) in [7, 11) is 0. The highest BCUT2D eigenvalue weighted by Crippen LogP contribution is 2.09. The number of piperazine rings is 1. The number of guanidine groups is 1. The zero-order chi connectivity index (χ0) is 20.3. The van der Waals surface area contributed by atoms with Gasteiger partial charge in [0.25, 0.3) is 0 Å². The minimum atomic E-state index is 0.695. The molecule has 0 radical (unpaired) electrons. The lowest BCUT2D eigenvalue weighted by Crippen LogP contribution is -2.47. The smallest absolute Gasteiger partial charge is 0.225 e. The lowest BCUT2D eigenvalue weighted by molar-refractivity contribution is 0.254. The van der Waals surface area contributed by atoms with E-state index >= 15 is 0 Å². The van der Waals surface area contributed by atoms with Crippen molar-refractivity contribution in [3.63, 3.8) is 0 Å². The highest BCUT2D eigenvalue weighted by Gasteiger charge is 2.18. The van der Waals surface area contributed by atoms with Gasteiger partial charge in [0.05, 0.1) is 6.54 Å². The normalized spacial score (nSPS) is 15.4. The van der Waals surface area contributed by atoms with Crippen molar-refractivity contribution in [1.29, 1.82) is 0 Å². The minimum Gasteiger partial charge on any atom is -0.357 e. The molecule has 0 saturated carbocycles. The molecule has 1 aliphatic heterocycles. The number of hydrogen-bond donors (Lipinski definition) is 2. The van der Waals surface area contributed by atoms with Gasteiger partial charge in [0, 0.05) is 51.7 Å². The monoisotopic (exact) mass is 395 g/mol. The SMILES string of the molecule is CCNC(=NCc1cccc(C)c1)NCCCN1CCN(c2ncccn2)CC1. The summed E-state index contributed by atoms with van der Waals surface area (Å²) in [5.41, 5.74) is 2.51. The Hall–Kier alpha value is -2.67. The Morgan fingerprint density at radius 1 is 1.07 bits per heavy atom. The van der Waals surface area contributed by atoms with Crippen molar-refractivity contribution in [2.24, 2.45) is 4.99 Å². The van der Waals surface area contributed by atoms with Crippen molar-refractivity contribution in [3.8, 4) is 0 Å². The molecule has 0 atom stereocenters. The maximum Gasteiger partial charge on any atom is 0.225 e. The van der Waals surface area contributed by atoms with Crippen LogP contribution in [0.2, 0.25) is 0 Å². The van der Waals surface area contributed by atoms with E-state index in [2.05, 4.69) is 68.5 Å². The van der Waals surface area contributed by atoms with Crippen LogP contribution >= 0.6 is 0 Å². The van der Waals surface area contributed by atoms with E-state index in [1.54, 1.807) is 0 Å². The minimum absolute atomic E-state index is 0.695. The first-order valence-electron chi connectivity index (χ1n) is 10.6. The van der Waals surface area contributed by atoms with E-state index in [1.807, 2.05) is 18.5 Å². The third-order valence-electron chi connectivity index (χ3n) is 5.00. The average Bonchev–Trinajstić information content (AvgIpc) is 2.76. The van der Waals surface area contributed by atoms with Gasteiger partial charge in [0.1, 0.15) is 0 Å². The number of hydrogen-bond acceptors (Lipinski definition) is 5. The zero-order valence-corrected chi connectivity index (χ0v) is 17.6. The molecule has 3 rings (SSSR count). The fourth-order valence-corrected chi connectivity index (χ4v) is 3.46. The lowest BCUT2D eigenvalue weighted by Gasteiger charge is -2.34. The van der Waals surface area contributed by atoms with Crippen molar-refractivity contribution in [1.82, 2.24) is 25.5 Å². The lowest BCUT2D eigenvalue weighted by atomic mass is 10.1. The average molecular weight is 396 g/mol. The molecule has 7 heteroatoms. The van der Waals surface area contributed by atoms with E-state index < -0.39 is 0 Å². The number of benzene rings is 1. The van der Waals surface area contributed by atoms with E-state index in [4.69, 9.17) is 4.99 Å². The fourth-order valence-electron chi connectivity index (χ4n) is 3.46. The maximum atomic E-state index is 4.71. The maximum absolute atomic E-state index is 4.71. The van der Waals surface area contributed by atoms with Crippen LogP contribution in [0.25, 0.3) is 0 Å². The van der Waals surface area contributed by atoms with Crippen LogP contribution < -0.4 is 15.5 Å². The Morgan fingerprint density at radius 2 is 1.86 bits per heavy atom. The van der Waals surface area contributed by atoms with E-state index in [-0.39, 0.29) is 0 Å². The van der Waals surface area contributed by atoms with Gasteiger partial charge in [-0.3, -0.25) is 4.90 Å². The van der Waals surface area contributed by atoms with Gasteiger partial charge in [0.2, 0.25) is 5.95 Å². The molecule has 156 valence electrons. The topological polar surface area (TPSA) is 68.7 Å². The summed E-state index contributed by atoms with van der Waals surface area (Å²) in [5, 5.41) is 6.80. The van der Waals surface area contributed by atoms with Gasteiger partial charge in [0.15, 0.2) is 5.96 Å². The Balaban J connectivity index is 1.36. The van der Waals surface area contributed by atoms with Crippen LogP contribution in [0.5, 0.6) is 0 Å². The van der Waals surface area contributed by atoms with Crippen molar-refractivity contribution in [3.05, 3.63) is 53.9 Å². The highest BCUT2D eigenvalue weighted by atomic mass is 15.3. The van der Waals surface area contributed by atoms with Gasteiger partial charge in [-0.25, -0.2) is 15.0 Å². The molecule has 0 amide bonds. The van der Waals surface area contributed by atoms with Crippen LogP contribution in [-0.2, 0) is 6.54 Å². The van der Waals surface area contributed by atoms with E-state index in [0.29, 0.717) is 6.54 Å². The fraction of sp³-hybridized carbons (Fsp3) is 0.500. The molecular weight excluding hydrogens is 362 g/mol. The summed E-state index contributed by atoms with van der Waals surface area (Å²) in [5.74, 6) is 1.73. The second-order valence-electron chi connectivity index (χ2n) is 7.34. The van der Waals surface area contributed by atoms with Crippen LogP contribution in [0.4, 0.5) is 5.95 Å². The molecule has 1 aromatic carbocycles. The summed E-state index contributed by atoms with van der Waals surface area (Å²) in [6, 6.07) is 10.4. The van der Waals surface area contributed by atoms with Crippen LogP contribution in [-0.4, -0.2) is 66.6 Å². The molecule has 2 N–H and O–H groups in total. The molecular formula is C22H33N7. The largest absolute Gasteiger partial charge is 0.357 e. The van der Waals surface area contributed by atoms with Gasteiger partial charge in [-0.1, -0.05) is 29.8 Å². The molecule has 2 aromatic rings. The van der Waals surface area contributed by atoms with Crippen LogP contribution in [0.3, 0.4) is 0 Å². The second kappa shape index (κ2) is 11.4. The molecule has 2 heterocycles. The standard InChI is InChI=1S/C22H33N7/c1-3-23-21(27-18-20-8-4-7-19(2)17-20)24-11-6-12-28-13-15-29(16-14-28)22-25-9-5-10-26-22/h4-5,7-10,17H,3,6,11-16,18H2,1-2H3,(H2,23,24,27). The van der Waals surface area contributed by atoms with Crippen molar-refractivity contribution < 1.29 is 0 Å². The van der Waals surface area contributed by atoms with Gasteiger partial charge in [-0.05, 0) is 38.4 Å². The molecule has 1 aromatic heterocycles. The molecule has 1 saturated heterocycles. The van der Waals surface area contributed by atoms with Crippen molar-refractivity contribution in [2.45, 2.75) is 26.8 Å². The van der Waals surface area contributed by atoms with Crippen LogP contribution in [0, 0.1) is 6.92 Å². The third-order valence-corrected chi connectivity index (χ3v) is 5.00. The number of aryl methyl sites for hydroxylation is 1. The quantitative estimate of drug-likeness (QED) is 0.405. The first-order chi connectivity index (χ1) is 14.2. The number of anilines is 1. The number of nitrogens with one attached hydrogen (secondary N) is 2. The summed E-state index contributed by atoms with van der Waals surface area (Å²) >= 11 is 0. The summed E-state index contributed by atoms with van der Waals surface area (Å²) < 4.78 is 0. The number of nitrogens with zero attached hydrogens (tertiary/aromatic N) is 5. The molecule has 0 bridgehead atoms. The van der Waals surface area contributed by atoms with Gasteiger partial charge in [-0.2, -0.15) is 0 Å².